The van der Waals surface area contributed by atoms with Crippen molar-refractivity contribution in [3.8, 4) is 0 Å². The maximum atomic E-state index is 13.8. The van der Waals surface area contributed by atoms with Gasteiger partial charge >= 0.3 is 0 Å². The van der Waals surface area contributed by atoms with Gasteiger partial charge in [-0.15, -0.1) is 0 Å². The van der Waals surface area contributed by atoms with Crippen molar-refractivity contribution in [2.45, 2.75) is 58.2 Å². The van der Waals surface area contributed by atoms with E-state index in [0.29, 0.717) is 22.6 Å². The monoisotopic (exact) mass is 559 g/mol. The molecule has 8 heteroatoms. The van der Waals surface area contributed by atoms with Crippen LogP contribution in [0, 0.1) is 0 Å². The minimum Gasteiger partial charge on any atom is -0.350 e. The number of hydrogen-bond donors (Lipinski definition) is 1. The number of rotatable bonds is 10. The number of carbonyl (C=O) groups is 4. The third-order valence-electron chi connectivity index (χ3n) is 6.72. The largest absolute Gasteiger partial charge is 0.350 e. The number of nitrogens with one attached hydrogen (secondary N) is 1. The molecule has 3 aromatic carbocycles. The summed E-state index contributed by atoms with van der Waals surface area (Å²) < 4.78 is 0. The van der Waals surface area contributed by atoms with Gasteiger partial charge in [0.25, 0.3) is 11.8 Å². The van der Waals surface area contributed by atoms with Crippen molar-refractivity contribution in [2.75, 3.05) is 6.54 Å². The number of imide groups is 1. The molecule has 4 amide bonds. The van der Waals surface area contributed by atoms with Gasteiger partial charge in [0.1, 0.15) is 6.04 Å². The second kappa shape index (κ2) is 12.5. The SMILES string of the molecule is CC(C)(C)NC(=O)[C@H](Cc1ccccc1)N(Cc1ccccc1Cl)C(=O)CCCN1C(=O)c2ccccc2C1=O. The van der Waals surface area contributed by atoms with Crippen molar-refractivity contribution >= 4 is 35.2 Å². The lowest BCUT2D eigenvalue weighted by Crippen LogP contribution is -2.54. The summed E-state index contributed by atoms with van der Waals surface area (Å²) in [5.74, 6) is -1.24. The third-order valence-corrected chi connectivity index (χ3v) is 7.09. The number of carbonyl (C=O) groups excluding carboxylic acids is 4. The lowest BCUT2D eigenvalue weighted by molar-refractivity contribution is -0.142. The van der Waals surface area contributed by atoms with Crippen LogP contribution in [-0.2, 0) is 22.6 Å². The van der Waals surface area contributed by atoms with Gasteiger partial charge in [-0.3, -0.25) is 24.1 Å². The molecule has 1 atom stereocenters. The molecule has 0 radical (unpaired) electrons. The van der Waals surface area contributed by atoms with E-state index in [1.807, 2.05) is 69.3 Å². The van der Waals surface area contributed by atoms with Gasteiger partial charge in [0.15, 0.2) is 0 Å². The standard InChI is InChI=1S/C32H34ClN3O4/c1-32(2,3)34-29(38)27(20-22-12-5-4-6-13-22)36(21-23-14-7-10-17-26(23)33)28(37)18-11-19-35-30(39)24-15-8-9-16-25(24)31(35)40/h4-10,12-17,27H,11,18-21H2,1-3H3,(H,34,38)/t27-/m0/s1. The van der Waals surface area contributed by atoms with Crippen LogP contribution in [0.5, 0.6) is 0 Å². The van der Waals surface area contributed by atoms with Crippen molar-refractivity contribution in [1.82, 2.24) is 15.1 Å². The number of hydrogen-bond acceptors (Lipinski definition) is 4. The number of nitrogens with zero attached hydrogens (tertiary/aromatic N) is 2. The first-order chi connectivity index (χ1) is 19.0. The predicted octanol–water partition coefficient (Wildman–Crippen LogP) is 5.27. The molecule has 0 aliphatic carbocycles. The van der Waals surface area contributed by atoms with Crippen LogP contribution in [0.25, 0.3) is 0 Å². The third kappa shape index (κ3) is 6.96. The highest BCUT2D eigenvalue weighted by atomic mass is 35.5. The van der Waals surface area contributed by atoms with Crippen LogP contribution >= 0.6 is 11.6 Å². The molecule has 208 valence electrons. The Morgan fingerprint density at radius 3 is 2.05 bits per heavy atom. The van der Waals surface area contributed by atoms with Gasteiger partial charge in [-0.2, -0.15) is 0 Å². The van der Waals surface area contributed by atoms with E-state index >= 15 is 0 Å². The molecule has 0 fully saturated rings. The average Bonchev–Trinajstić information content (AvgIpc) is 3.16. The van der Waals surface area contributed by atoms with Gasteiger partial charge in [0.05, 0.1) is 11.1 Å². The Hall–Kier alpha value is -3.97. The quantitative estimate of drug-likeness (QED) is 0.343. The Balaban J connectivity index is 1.57. The van der Waals surface area contributed by atoms with E-state index in [-0.39, 0.29) is 49.6 Å². The van der Waals surface area contributed by atoms with Crippen LogP contribution in [0.2, 0.25) is 5.02 Å². The lowest BCUT2D eigenvalue weighted by atomic mass is 10.00. The highest BCUT2D eigenvalue weighted by Crippen LogP contribution is 2.24. The molecule has 0 saturated heterocycles. The molecule has 0 saturated carbocycles. The van der Waals surface area contributed by atoms with Crippen molar-refractivity contribution < 1.29 is 19.2 Å². The molecule has 3 aromatic rings. The molecular weight excluding hydrogens is 526 g/mol. The van der Waals surface area contributed by atoms with Crippen LogP contribution in [0.4, 0.5) is 0 Å². The second-order valence-corrected chi connectivity index (χ2v) is 11.4. The Labute approximate surface area is 240 Å². The Kier molecular flexibility index (Phi) is 9.05. The summed E-state index contributed by atoms with van der Waals surface area (Å²) >= 11 is 6.47. The summed E-state index contributed by atoms with van der Waals surface area (Å²) in [5, 5.41) is 3.54. The van der Waals surface area contributed by atoms with Crippen LogP contribution < -0.4 is 5.32 Å². The zero-order chi connectivity index (χ0) is 28.9. The summed E-state index contributed by atoms with van der Waals surface area (Å²) in [6.07, 6.45) is 0.631. The molecule has 1 aliphatic heterocycles. The van der Waals surface area contributed by atoms with Gasteiger partial charge in [-0.1, -0.05) is 72.3 Å². The van der Waals surface area contributed by atoms with Crippen LogP contribution in [-0.4, -0.2) is 51.6 Å². The van der Waals surface area contributed by atoms with Crippen molar-refractivity contribution in [1.29, 1.82) is 0 Å². The second-order valence-electron chi connectivity index (χ2n) is 11.0. The van der Waals surface area contributed by atoms with Crippen molar-refractivity contribution in [3.05, 3.63) is 106 Å². The highest BCUT2D eigenvalue weighted by Gasteiger charge is 2.36. The number of halogens is 1. The van der Waals surface area contributed by atoms with Crippen LogP contribution in [0.1, 0.15) is 65.5 Å². The van der Waals surface area contributed by atoms with E-state index in [1.54, 1.807) is 35.2 Å². The summed E-state index contributed by atoms with van der Waals surface area (Å²) in [6, 6.07) is 22.7. The van der Waals surface area contributed by atoms with Gasteiger partial charge < -0.3 is 10.2 Å². The molecule has 0 aromatic heterocycles. The molecule has 40 heavy (non-hydrogen) atoms. The van der Waals surface area contributed by atoms with E-state index in [9.17, 15) is 19.2 Å². The fourth-order valence-corrected chi connectivity index (χ4v) is 4.99. The topological polar surface area (TPSA) is 86.8 Å². The maximum Gasteiger partial charge on any atom is 0.261 e. The lowest BCUT2D eigenvalue weighted by Gasteiger charge is -2.34. The number of benzene rings is 3. The Bertz CT molecular complexity index is 1370. The summed E-state index contributed by atoms with van der Waals surface area (Å²) in [7, 11) is 0. The van der Waals surface area contributed by atoms with Crippen LogP contribution in [0.3, 0.4) is 0 Å². The number of fused-ring (bicyclic) bond motifs is 1. The average molecular weight is 560 g/mol. The fourth-order valence-electron chi connectivity index (χ4n) is 4.79. The van der Waals surface area contributed by atoms with Gasteiger partial charge in [-0.05, 0) is 56.5 Å². The molecule has 7 nitrogen and oxygen atoms in total. The van der Waals surface area contributed by atoms with Crippen molar-refractivity contribution in [2.24, 2.45) is 0 Å². The summed E-state index contributed by atoms with van der Waals surface area (Å²) in [4.78, 5) is 55.8. The smallest absolute Gasteiger partial charge is 0.261 e. The maximum absolute atomic E-state index is 13.8. The van der Waals surface area contributed by atoms with E-state index in [1.165, 1.54) is 4.90 Å². The van der Waals surface area contributed by atoms with Gasteiger partial charge in [0, 0.05) is 36.5 Å². The van der Waals surface area contributed by atoms with Gasteiger partial charge in [0.2, 0.25) is 11.8 Å². The molecule has 4 rings (SSSR count). The highest BCUT2D eigenvalue weighted by molar-refractivity contribution is 6.31. The summed E-state index contributed by atoms with van der Waals surface area (Å²) in [5.41, 5.74) is 1.89. The van der Waals surface area contributed by atoms with Gasteiger partial charge in [-0.25, -0.2) is 0 Å². The van der Waals surface area contributed by atoms with E-state index in [2.05, 4.69) is 5.32 Å². The zero-order valence-corrected chi connectivity index (χ0v) is 23.8. The molecule has 0 unspecified atom stereocenters. The molecule has 0 bridgehead atoms. The number of amides is 4. The Morgan fingerprint density at radius 2 is 1.45 bits per heavy atom. The minimum atomic E-state index is -0.801. The fraction of sp³-hybridized carbons (Fsp3) is 0.312. The van der Waals surface area contributed by atoms with Crippen molar-refractivity contribution in [3.63, 3.8) is 0 Å². The predicted molar refractivity (Wildman–Crippen MR) is 155 cm³/mol. The van der Waals surface area contributed by atoms with E-state index < -0.39 is 11.6 Å². The first-order valence-corrected chi connectivity index (χ1v) is 13.8. The molecule has 0 spiro atoms. The normalized spacial score (nSPS) is 13.7. The molecular formula is C32H34ClN3O4. The molecule has 1 heterocycles. The summed E-state index contributed by atoms with van der Waals surface area (Å²) in [6.45, 7) is 5.93. The van der Waals surface area contributed by atoms with Crippen LogP contribution in [0.15, 0.2) is 78.9 Å². The first kappa shape index (κ1) is 29.0. The minimum absolute atomic E-state index is 0.0476. The van der Waals surface area contributed by atoms with E-state index in [0.717, 1.165) is 11.1 Å². The van der Waals surface area contributed by atoms with E-state index in [4.69, 9.17) is 11.6 Å². The first-order valence-electron chi connectivity index (χ1n) is 13.4. The Morgan fingerprint density at radius 1 is 0.875 bits per heavy atom. The molecule has 1 aliphatic rings. The zero-order valence-electron chi connectivity index (χ0n) is 23.0. The molecule has 1 N–H and O–H groups in total.